The van der Waals surface area contributed by atoms with Gasteiger partial charge < -0.3 is 5.32 Å². The van der Waals surface area contributed by atoms with Crippen LogP contribution < -0.4 is 10.2 Å². The molecule has 0 aromatic heterocycles. The molecule has 1 aliphatic heterocycles. The topological polar surface area (TPSA) is 86.8 Å². The fourth-order valence-corrected chi connectivity index (χ4v) is 5.85. The fraction of sp³-hybridized carbons (Fsp3) is 0.259. The summed E-state index contributed by atoms with van der Waals surface area (Å²) in [4.78, 5) is 28.7. The first-order chi connectivity index (χ1) is 16.6. The Hall–Kier alpha value is -3.49. The molecule has 0 bridgehead atoms. The van der Waals surface area contributed by atoms with Crippen molar-refractivity contribution in [2.24, 2.45) is 0 Å². The lowest BCUT2D eigenvalue weighted by molar-refractivity contribution is -0.133. The first kappa shape index (κ1) is 24.6. The highest BCUT2D eigenvalue weighted by molar-refractivity contribution is 7.89. The van der Waals surface area contributed by atoms with Gasteiger partial charge in [0.1, 0.15) is 5.54 Å². The van der Waals surface area contributed by atoms with E-state index in [-0.39, 0.29) is 24.5 Å². The van der Waals surface area contributed by atoms with Gasteiger partial charge >= 0.3 is 0 Å². The summed E-state index contributed by atoms with van der Waals surface area (Å²) in [5.41, 5.74) is 1.96. The largest absolute Gasteiger partial charge is 0.350 e. The van der Waals surface area contributed by atoms with E-state index in [0.717, 1.165) is 21.0 Å². The summed E-state index contributed by atoms with van der Waals surface area (Å²) in [7, 11) is -3.98. The molecule has 3 aromatic carbocycles. The summed E-state index contributed by atoms with van der Waals surface area (Å²) in [6.07, 6.45) is 0. The molecule has 182 valence electrons. The van der Waals surface area contributed by atoms with Crippen molar-refractivity contribution in [1.82, 2.24) is 9.62 Å². The van der Waals surface area contributed by atoms with Crippen molar-refractivity contribution in [2.75, 3.05) is 18.0 Å². The average molecular weight is 492 g/mol. The molecular formula is C27H29N3O4S. The van der Waals surface area contributed by atoms with Crippen LogP contribution in [-0.2, 0) is 26.2 Å². The minimum atomic E-state index is -3.98. The molecule has 1 N–H and O–H groups in total. The van der Waals surface area contributed by atoms with Gasteiger partial charge in [-0.15, -0.1) is 0 Å². The standard InChI is InChI=1S/C27H29N3O4S/c1-20-13-15-22(16-14-20)17-28-26(32)27(3)19-29(35(33,34)23-10-5-4-6-11-23)18-25(31)30(27)24-12-8-7-9-21(24)2/h4-16H,17-19H2,1-3H3,(H,28,32). The molecule has 1 atom stereocenters. The molecule has 1 heterocycles. The van der Waals surface area contributed by atoms with Crippen molar-refractivity contribution in [1.29, 1.82) is 0 Å². The van der Waals surface area contributed by atoms with Crippen LogP contribution in [0, 0.1) is 13.8 Å². The highest BCUT2D eigenvalue weighted by Crippen LogP contribution is 2.34. The Morgan fingerprint density at radius 2 is 1.57 bits per heavy atom. The van der Waals surface area contributed by atoms with Gasteiger partial charge in [0.25, 0.3) is 0 Å². The van der Waals surface area contributed by atoms with Gasteiger partial charge in [-0.25, -0.2) is 8.42 Å². The Labute approximate surface area is 206 Å². The number of carbonyl (C=O) groups excluding carboxylic acids is 2. The zero-order valence-corrected chi connectivity index (χ0v) is 20.9. The van der Waals surface area contributed by atoms with Crippen LogP contribution in [-0.4, -0.2) is 43.2 Å². The van der Waals surface area contributed by atoms with Gasteiger partial charge in [0.05, 0.1) is 11.4 Å². The summed E-state index contributed by atoms with van der Waals surface area (Å²) < 4.78 is 27.9. The molecular weight excluding hydrogens is 462 g/mol. The first-order valence-corrected chi connectivity index (χ1v) is 12.8. The predicted octanol–water partition coefficient (Wildman–Crippen LogP) is 3.42. The molecule has 3 aromatic rings. The van der Waals surface area contributed by atoms with E-state index in [4.69, 9.17) is 0 Å². The highest BCUT2D eigenvalue weighted by Gasteiger charge is 2.51. The highest BCUT2D eigenvalue weighted by atomic mass is 32.2. The van der Waals surface area contributed by atoms with E-state index in [1.807, 2.05) is 50.2 Å². The monoisotopic (exact) mass is 491 g/mol. The van der Waals surface area contributed by atoms with Crippen LogP contribution in [0.5, 0.6) is 0 Å². The van der Waals surface area contributed by atoms with Crippen LogP contribution in [0.25, 0.3) is 0 Å². The number of hydrogen-bond donors (Lipinski definition) is 1. The molecule has 1 saturated heterocycles. The summed E-state index contributed by atoms with van der Waals surface area (Å²) in [6.45, 7) is 5.19. The second-order valence-electron chi connectivity index (χ2n) is 9.04. The Kier molecular flexibility index (Phi) is 6.78. The number of para-hydroxylation sites is 1. The summed E-state index contributed by atoms with van der Waals surface area (Å²) in [5, 5.41) is 2.93. The third-order valence-corrected chi connectivity index (χ3v) is 8.14. The maximum atomic E-state index is 13.7. The lowest BCUT2D eigenvalue weighted by Crippen LogP contribution is -2.70. The second-order valence-corrected chi connectivity index (χ2v) is 11.0. The zero-order valence-electron chi connectivity index (χ0n) is 20.1. The number of aryl methyl sites for hydroxylation is 2. The Bertz CT molecular complexity index is 1340. The molecule has 1 unspecified atom stereocenters. The van der Waals surface area contributed by atoms with Crippen LogP contribution in [0.2, 0.25) is 0 Å². The molecule has 1 aliphatic rings. The van der Waals surface area contributed by atoms with E-state index in [1.165, 1.54) is 17.0 Å². The van der Waals surface area contributed by atoms with E-state index >= 15 is 0 Å². The van der Waals surface area contributed by atoms with Gasteiger partial charge in [-0.05, 0) is 50.1 Å². The van der Waals surface area contributed by atoms with E-state index in [0.29, 0.717) is 5.69 Å². The Morgan fingerprint density at radius 1 is 0.943 bits per heavy atom. The third kappa shape index (κ3) is 4.85. The van der Waals surface area contributed by atoms with E-state index in [9.17, 15) is 18.0 Å². The number of nitrogens with one attached hydrogen (secondary N) is 1. The SMILES string of the molecule is Cc1ccc(CNC(=O)C2(C)CN(S(=O)(=O)c3ccccc3)CC(=O)N2c2ccccc2C)cc1. The van der Waals surface area contributed by atoms with Crippen molar-refractivity contribution in [2.45, 2.75) is 37.8 Å². The predicted molar refractivity (Wildman–Crippen MR) is 135 cm³/mol. The number of nitrogens with zero attached hydrogens (tertiary/aromatic N) is 2. The minimum absolute atomic E-state index is 0.0829. The molecule has 0 saturated carbocycles. The van der Waals surface area contributed by atoms with Crippen molar-refractivity contribution < 1.29 is 18.0 Å². The average Bonchev–Trinajstić information content (AvgIpc) is 2.84. The number of benzene rings is 3. The van der Waals surface area contributed by atoms with Crippen molar-refractivity contribution in [3.05, 3.63) is 95.6 Å². The van der Waals surface area contributed by atoms with E-state index in [2.05, 4.69) is 5.32 Å². The van der Waals surface area contributed by atoms with Crippen LogP contribution in [0.4, 0.5) is 5.69 Å². The number of piperazine rings is 1. The van der Waals surface area contributed by atoms with Crippen LogP contribution >= 0.6 is 0 Å². The Balaban J connectivity index is 1.71. The molecule has 2 amide bonds. The molecule has 1 fully saturated rings. The minimum Gasteiger partial charge on any atom is -0.350 e. The summed E-state index contributed by atoms with van der Waals surface area (Å²) in [5.74, 6) is -0.888. The molecule has 8 heteroatoms. The molecule has 7 nitrogen and oxygen atoms in total. The Morgan fingerprint density at radius 3 is 2.23 bits per heavy atom. The summed E-state index contributed by atoms with van der Waals surface area (Å²) in [6, 6.07) is 23.0. The normalized spacial score (nSPS) is 18.9. The smallest absolute Gasteiger partial charge is 0.247 e. The second kappa shape index (κ2) is 9.64. The number of anilines is 1. The van der Waals surface area contributed by atoms with Gasteiger partial charge in [0.15, 0.2) is 0 Å². The van der Waals surface area contributed by atoms with Crippen LogP contribution in [0.3, 0.4) is 0 Å². The lowest BCUT2D eigenvalue weighted by atomic mass is 9.93. The van der Waals surface area contributed by atoms with Crippen molar-refractivity contribution in [3.63, 3.8) is 0 Å². The molecule has 0 aliphatic carbocycles. The van der Waals surface area contributed by atoms with Gasteiger partial charge in [-0.1, -0.05) is 66.2 Å². The number of amides is 2. The fourth-order valence-electron chi connectivity index (χ4n) is 4.34. The van der Waals surface area contributed by atoms with E-state index < -0.39 is 27.4 Å². The maximum absolute atomic E-state index is 13.7. The van der Waals surface area contributed by atoms with Gasteiger partial charge in [0.2, 0.25) is 21.8 Å². The maximum Gasteiger partial charge on any atom is 0.247 e. The quantitative estimate of drug-likeness (QED) is 0.573. The molecule has 0 radical (unpaired) electrons. The number of hydrogen-bond acceptors (Lipinski definition) is 4. The number of carbonyl (C=O) groups is 2. The van der Waals surface area contributed by atoms with Gasteiger partial charge in [-0.2, -0.15) is 4.31 Å². The van der Waals surface area contributed by atoms with Gasteiger partial charge in [0, 0.05) is 18.8 Å². The van der Waals surface area contributed by atoms with E-state index in [1.54, 1.807) is 37.3 Å². The zero-order chi connectivity index (χ0) is 25.2. The molecule has 4 rings (SSSR count). The first-order valence-electron chi connectivity index (χ1n) is 11.4. The molecule has 0 spiro atoms. The van der Waals surface area contributed by atoms with Crippen LogP contribution in [0.1, 0.15) is 23.6 Å². The summed E-state index contributed by atoms with van der Waals surface area (Å²) >= 11 is 0. The van der Waals surface area contributed by atoms with Crippen molar-refractivity contribution >= 4 is 27.5 Å². The number of sulfonamides is 1. The third-order valence-electron chi connectivity index (χ3n) is 6.34. The molecule has 35 heavy (non-hydrogen) atoms. The van der Waals surface area contributed by atoms with Gasteiger partial charge in [-0.3, -0.25) is 14.5 Å². The van der Waals surface area contributed by atoms with Crippen molar-refractivity contribution in [3.8, 4) is 0 Å². The lowest BCUT2D eigenvalue weighted by Gasteiger charge is -2.47. The van der Waals surface area contributed by atoms with Crippen LogP contribution in [0.15, 0.2) is 83.8 Å². The number of rotatable bonds is 6.